The minimum absolute atomic E-state index is 0.101. The van der Waals surface area contributed by atoms with Crippen LogP contribution in [0.1, 0.15) is 26.3 Å². The molecule has 2 heterocycles. The van der Waals surface area contributed by atoms with Crippen LogP contribution in [0, 0.1) is 5.92 Å². The molecule has 1 aliphatic heterocycles. The molecule has 1 saturated heterocycles. The monoisotopic (exact) mass is 273 g/mol. The zero-order valence-corrected chi connectivity index (χ0v) is 11.4. The van der Waals surface area contributed by atoms with Gasteiger partial charge >= 0.3 is 0 Å². The van der Waals surface area contributed by atoms with Gasteiger partial charge in [-0.05, 0) is 12.3 Å². The van der Waals surface area contributed by atoms with Gasteiger partial charge in [0.05, 0.1) is 17.5 Å². The standard InChI is InChI=1S/C10H19N5O2S/c1-7(2)5-12-10-13-9(11)15(14-10)8-3-4-18(16,17)6-8/h7-8H,3-6H2,1-2H3,(H3,11,12,13,14). The second-order valence-corrected chi connectivity index (χ2v) is 7.30. The van der Waals surface area contributed by atoms with Gasteiger partial charge in [0, 0.05) is 6.54 Å². The van der Waals surface area contributed by atoms with Crippen LogP contribution >= 0.6 is 0 Å². The molecule has 18 heavy (non-hydrogen) atoms. The number of rotatable bonds is 4. The summed E-state index contributed by atoms with van der Waals surface area (Å²) >= 11 is 0. The number of anilines is 2. The summed E-state index contributed by atoms with van der Waals surface area (Å²) in [5.74, 6) is 1.51. The Hall–Kier alpha value is -1.31. The van der Waals surface area contributed by atoms with Crippen molar-refractivity contribution in [2.24, 2.45) is 5.92 Å². The molecule has 8 heteroatoms. The maximum Gasteiger partial charge on any atom is 0.243 e. The highest BCUT2D eigenvalue weighted by Gasteiger charge is 2.31. The van der Waals surface area contributed by atoms with Crippen molar-refractivity contribution < 1.29 is 8.42 Å². The molecular formula is C10H19N5O2S. The Morgan fingerprint density at radius 1 is 1.56 bits per heavy atom. The molecule has 0 amide bonds. The average molecular weight is 273 g/mol. The van der Waals surface area contributed by atoms with Crippen LogP contribution in [0.5, 0.6) is 0 Å². The highest BCUT2D eigenvalue weighted by molar-refractivity contribution is 7.91. The molecule has 102 valence electrons. The summed E-state index contributed by atoms with van der Waals surface area (Å²) in [6.45, 7) is 4.92. The molecule has 2 rings (SSSR count). The van der Waals surface area contributed by atoms with Gasteiger partial charge in [0.1, 0.15) is 0 Å². The topological polar surface area (TPSA) is 103 Å². The third-order valence-corrected chi connectivity index (χ3v) is 4.63. The van der Waals surface area contributed by atoms with E-state index in [-0.39, 0.29) is 23.5 Å². The van der Waals surface area contributed by atoms with Crippen molar-refractivity contribution in [2.45, 2.75) is 26.3 Å². The van der Waals surface area contributed by atoms with E-state index in [9.17, 15) is 8.42 Å². The van der Waals surface area contributed by atoms with Crippen LogP contribution in [0.3, 0.4) is 0 Å². The fraction of sp³-hybridized carbons (Fsp3) is 0.800. The lowest BCUT2D eigenvalue weighted by Gasteiger charge is -2.08. The van der Waals surface area contributed by atoms with Gasteiger partial charge in [-0.2, -0.15) is 4.98 Å². The van der Waals surface area contributed by atoms with Crippen LogP contribution < -0.4 is 11.1 Å². The SMILES string of the molecule is CC(C)CNc1nc(N)n(C2CCS(=O)(=O)C2)n1. The van der Waals surface area contributed by atoms with Gasteiger partial charge in [-0.3, -0.25) is 0 Å². The highest BCUT2D eigenvalue weighted by atomic mass is 32.2. The summed E-state index contributed by atoms with van der Waals surface area (Å²) in [6, 6.07) is -0.183. The van der Waals surface area contributed by atoms with Crippen molar-refractivity contribution in [2.75, 3.05) is 29.1 Å². The maximum atomic E-state index is 11.4. The van der Waals surface area contributed by atoms with E-state index in [1.807, 2.05) is 0 Å². The fourth-order valence-electron chi connectivity index (χ4n) is 1.94. The van der Waals surface area contributed by atoms with E-state index in [0.29, 0.717) is 18.3 Å². The molecule has 0 radical (unpaired) electrons. The first-order valence-corrected chi connectivity index (χ1v) is 7.86. The van der Waals surface area contributed by atoms with E-state index in [2.05, 4.69) is 29.2 Å². The quantitative estimate of drug-likeness (QED) is 0.817. The van der Waals surface area contributed by atoms with Gasteiger partial charge in [0.2, 0.25) is 11.9 Å². The van der Waals surface area contributed by atoms with E-state index < -0.39 is 9.84 Å². The second-order valence-electron chi connectivity index (χ2n) is 5.07. The van der Waals surface area contributed by atoms with Gasteiger partial charge in [0.15, 0.2) is 9.84 Å². The molecule has 0 saturated carbocycles. The van der Waals surface area contributed by atoms with E-state index in [1.165, 1.54) is 4.68 Å². The third kappa shape index (κ3) is 2.92. The summed E-state index contributed by atoms with van der Waals surface area (Å²) in [6.07, 6.45) is 0.555. The van der Waals surface area contributed by atoms with E-state index in [0.717, 1.165) is 6.54 Å². The first kappa shape index (κ1) is 13.1. The Morgan fingerprint density at radius 2 is 2.28 bits per heavy atom. The number of nitrogens with zero attached hydrogens (tertiary/aromatic N) is 3. The first-order chi connectivity index (χ1) is 8.37. The molecule has 1 aromatic rings. The Labute approximate surface area is 107 Å². The molecule has 0 aromatic carbocycles. The van der Waals surface area contributed by atoms with Crippen LogP contribution in [0.15, 0.2) is 0 Å². The highest BCUT2D eigenvalue weighted by Crippen LogP contribution is 2.25. The van der Waals surface area contributed by atoms with Crippen LogP contribution in [-0.4, -0.2) is 41.2 Å². The van der Waals surface area contributed by atoms with E-state index in [4.69, 9.17) is 5.73 Å². The Morgan fingerprint density at radius 3 is 2.83 bits per heavy atom. The van der Waals surface area contributed by atoms with Crippen LogP contribution in [0.25, 0.3) is 0 Å². The van der Waals surface area contributed by atoms with Gasteiger partial charge < -0.3 is 11.1 Å². The molecule has 1 atom stereocenters. The van der Waals surface area contributed by atoms with Gasteiger partial charge in [-0.1, -0.05) is 13.8 Å². The van der Waals surface area contributed by atoms with Gasteiger partial charge in [-0.15, -0.1) is 5.10 Å². The summed E-state index contributed by atoms with van der Waals surface area (Å²) in [5.41, 5.74) is 5.77. The molecule has 3 N–H and O–H groups in total. The van der Waals surface area contributed by atoms with Gasteiger partial charge in [-0.25, -0.2) is 13.1 Å². The summed E-state index contributed by atoms with van der Waals surface area (Å²) in [5, 5.41) is 7.31. The average Bonchev–Trinajstić information content (AvgIpc) is 2.78. The lowest BCUT2D eigenvalue weighted by atomic mass is 10.2. The van der Waals surface area contributed by atoms with Crippen molar-refractivity contribution in [3.8, 4) is 0 Å². The molecule has 0 spiro atoms. The number of hydrogen-bond donors (Lipinski definition) is 2. The van der Waals surface area contributed by atoms with Crippen LogP contribution in [0.2, 0.25) is 0 Å². The van der Waals surface area contributed by atoms with Crippen molar-refractivity contribution in [1.29, 1.82) is 0 Å². The molecule has 0 aliphatic carbocycles. The predicted molar refractivity (Wildman–Crippen MR) is 70.1 cm³/mol. The number of nitrogens with one attached hydrogen (secondary N) is 1. The maximum absolute atomic E-state index is 11.4. The molecule has 7 nitrogen and oxygen atoms in total. The fourth-order valence-corrected chi connectivity index (χ4v) is 3.63. The Kier molecular flexibility index (Phi) is 3.47. The zero-order chi connectivity index (χ0) is 13.3. The number of hydrogen-bond acceptors (Lipinski definition) is 6. The molecule has 1 aromatic heterocycles. The number of nitrogens with two attached hydrogens (primary N) is 1. The number of aromatic nitrogens is 3. The Balaban J connectivity index is 2.10. The van der Waals surface area contributed by atoms with Crippen LogP contribution in [0.4, 0.5) is 11.9 Å². The Bertz CT molecular complexity index is 522. The van der Waals surface area contributed by atoms with Crippen molar-refractivity contribution in [3.05, 3.63) is 0 Å². The van der Waals surface area contributed by atoms with Crippen molar-refractivity contribution in [1.82, 2.24) is 14.8 Å². The lowest BCUT2D eigenvalue weighted by Crippen LogP contribution is -2.15. The molecule has 0 bridgehead atoms. The summed E-state index contributed by atoms with van der Waals surface area (Å²) < 4.78 is 24.4. The van der Waals surface area contributed by atoms with Crippen molar-refractivity contribution >= 4 is 21.7 Å². The summed E-state index contributed by atoms with van der Waals surface area (Å²) in [4.78, 5) is 4.10. The second kappa shape index (κ2) is 4.75. The van der Waals surface area contributed by atoms with E-state index >= 15 is 0 Å². The number of sulfone groups is 1. The largest absolute Gasteiger partial charge is 0.368 e. The first-order valence-electron chi connectivity index (χ1n) is 6.03. The minimum Gasteiger partial charge on any atom is -0.368 e. The zero-order valence-electron chi connectivity index (χ0n) is 10.6. The predicted octanol–water partition coefficient (Wildman–Crippen LogP) is 0.288. The molecule has 1 unspecified atom stereocenters. The van der Waals surface area contributed by atoms with Crippen LogP contribution in [-0.2, 0) is 9.84 Å². The third-order valence-electron chi connectivity index (χ3n) is 2.88. The smallest absolute Gasteiger partial charge is 0.243 e. The van der Waals surface area contributed by atoms with Crippen molar-refractivity contribution in [3.63, 3.8) is 0 Å². The summed E-state index contributed by atoms with van der Waals surface area (Å²) in [7, 11) is -2.94. The van der Waals surface area contributed by atoms with E-state index in [1.54, 1.807) is 0 Å². The molecular weight excluding hydrogens is 254 g/mol. The minimum atomic E-state index is -2.94. The molecule has 1 aliphatic rings. The number of nitrogen functional groups attached to an aromatic ring is 1. The lowest BCUT2D eigenvalue weighted by molar-refractivity contribution is 0.506. The normalized spacial score (nSPS) is 22.5. The molecule has 1 fully saturated rings. The van der Waals surface area contributed by atoms with Gasteiger partial charge in [0.25, 0.3) is 0 Å².